The fourth-order valence-electron chi connectivity index (χ4n) is 2.93. The minimum Gasteiger partial charge on any atom is -0.464 e. The zero-order valence-corrected chi connectivity index (χ0v) is 15.4. The molecule has 2 rings (SSSR count). The molecule has 6 heteroatoms. The molecule has 1 fully saturated rings. The van der Waals surface area contributed by atoms with Gasteiger partial charge in [0.15, 0.2) is 0 Å². The molecule has 0 spiro atoms. The molecular formula is C18H26N2O3S. The fourth-order valence-corrected chi connectivity index (χ4v) is 4.07. The Morgan fingerprint density at radius 2 is 2.12 bits per heavy atom. The Kier molecular flexibility index (Phi) is 6.97. The van der Waals surface area contributed by atoms with Gasteiger partial charge in [-0.05, 0) is 40.0 Å². The molecule has 5 nitrogen and oxygen atoms in total. The van der Waals surface area contributed by atoms with E-state index in [9.17, 15) is 9.59 Å². The topological polar surface area (TPSA) is 68.3 Å². The van der Waals surface area contributed by atoms with Gasteiger partial charge in [0, 0.05) is 5.92 Å². The molecule has 1 amide bonds. The van der Waals surface area contributed by atoms with Crippen LogP contribution in [0.2, 0.25) is 0 Å². The Morgan fingerprint density at radius 3 is 2.75 bits per heavy atom. The number of carbonyl (C=O) groups excluding carboxylic acids is 2. The van der Waals surface area contributed by atoms with Crippen LogP contribution in [-0.4, -0.2) is 29.5 Å². The standard InChI is InChI=1S/C18H26N2O3S/c1-4-6-11-14(18(22)23-5-2)20-16(21)15-12(3)19-17(24-15)13-9-7-8-10-13/h4,6,13-14H,5,7-11H2,1-3H3,(H,20,21)/b6-4+. The van der Waals surface area contributed by atoms with Crippen LogP contribution in [0, 0.1) is 6.92 Å². The number of nitrogens with zero attached hydrogens (tertiary/aromatic N) is 1. The zero-order valence-electron chi connectivity index (χ0n) is 14.6. The van der Waals surface area contributed by atoms with Crippen molar-refractivity contribution in [2.24, 2.45) is 0 Å². The number of hydrogen-bond acceptors (Lipinski definition) is 5. The van der Waals surface area contributed by atoms with Crippen molar-refractivity contribution in [3.63, 3.8) is 0 Å². The lowest BCUT2D eigenvalue weighted by Crippen LogP contribution is -2.41. The highest BCUT2D eigenvalue weighted by Crippen LogP contribution is 2.37. The van der Waals surface area contributed by atoms with Gasteiger partial charge in [-0.1, -0.05) is 25.0 Å². The number of esters is 1. The van der Waals surface area contributed by atoms with Crippen LogP contribution in [0.3, 0.4) is 0 Å². The predicted octanol–water partition coefficient (Wildman–Crippen LogP) is 3.74. The third kappa shape index (κ3) is 4.66. The summed E-state index contributed by atoms with van der Waals surface area (Å²) < 4.78 is 5.05. The molecule has 132 valence electrons. The second kappa shape index (κ2) is 8.97. The van der Waals surface area contributed by atoms with Crippen LogP contribution in [0.1, 0.15) is 72.2 Å². The quantitative estimate of drug-likeness (QED) is 0.601. The first kappa shape index (κ1) is 18.6. The van der Waals surface area contributed by atoms with Gasteiger partial charge in [-0.2, -0.15) is 0 Å². The lowest BCUT2D eigenvalue weighted by Gasteiger charge is -2.15. The van der Waals surface area contributed by atoms with Gasteiger partial charge in [-0.25, -0.2) is 9.78 Å². The van der Waals surface area contributed by atoms with Gasteiger partial charge >= 0.3 is 5.97 Å². The van der Waals surface area contributed by atoms with Crippen molar-refractivity contribution in [2.45, 2.75) is 64.8 Å². The number of hydrogen-bond donors (Lipinski definition) is 1. The van der Waals surface area contributed by atoms with E-state index in [-0.39, 0.29) is 5.91 Å². The lowest BCUT2D eigenvalue weighted by atomic mass is 10.1. The van der Waals surface area contributed by atoms with Crippen LogP contribution < -0.4 is 5.32 Å². The third-order valence-corrected chi connectivity index (χ3v) is 5.53. The average molecular weight is 350 g/mol. The molecule has 0 aliphatic heterocycles. The van der Waals surface area contributed by atoms with Gasteiger partial charge in [0.2, 0.25) is 0 Å². The Balaban J connectivity index is 2.09. The second-order valence-corrected chi connectivity index (χ2v) is 7.06. The third-order valence-electron chi connectivity index (χ3n) is 4.21. The van der Waals surface area contributed by atoms with Gasteiger partial charge in [0.1, 0.15) is 10.9 Å². The van der Waals surface area contributed by atoms with E-state index >= 15 is 0 Å². The first-order valence-corrected chi connectivity index (χ1v) is 9.44. The maximum atomic E-state index is 12.6. The molecule has 1 saturated carbocycles. The lowest BCUT2D eigenvalue weighted by molar-refractivity contribution is -0.145. The molecule has 1 unspecified atom stereocenters. The summed E-state index contributed by atoms with van der Waals surface area (Å²) >= 11 is 1.46. The van der Waals surface area contributed by atoms with Crippen LogP contribution in [0.4, 0.5) is 0 Å². The van der Waals surface area contributed by atoms with E-state index in [1.807, 2.05) is 26.0 Å². The van der Waals surface area contributed by atoms with E-state index in [0.717, 1.165) is 23.5 Å². The molecule has 0 radical (unpaired) electrons. The Labute approximate surface area is 147 Å². The molecular weight excluding hydrogens is 324 g/mol. The molecule has 24 heavy (non-hydrogen) atoms. The monoisotopic (exact) mass is 350 g/mol. The molecule has 1 aliphatic rings. The van der Waals surface area contributed by atoms with Crippen molar-refractivity contribution in [3.8, 4) is 0 Å². The van der Waals surface area contributed by atoms with E-state index in [1.54, 1.807) is 6.92 Å². The number of aryl methyl sites for hydroxylation is 1. The molecule has 1 atom stereocenters. The van der Waals surface area contributed by atoms with Crippen molar-refractivity contribution in [3.05, 3.63) is 27.7 Å². The van der Waals surface area contributed by atoms with Gasteiger partial charge in [-0.15, -0.1) is 11.3 Å². The second-order valence-electron chi connectivity index (χ2n) is 6.03. The normalized spacial score (nSPS) is 16.5. The minimum atomic E-state index is -0.662. The fraction of sp³-hybridized carbons (Fsp3) is 0.611. The Bertz CT molecular complexity index is 603. The maximum Gasteiger partial charge on any atom is 0.328 e. The summed E-state index contributed by atoms with van der Waals surface area (Å²) in [6.07, 6.45) is 8.91. The Hall–Kier alpha value is -1.69. The number of carbonyl (C=O) groups is 2. The number of aromatic nitrogens is 1. The van der Waals surface area contributed by atoms with Gasteiger partial charge in [0.25, 0.3) is 5.91 Å². The maximum absolute atomic E-state index is 12.6. The highest BCUT2D eigenvalue weighted by molar-refractivity contribution is 7.13. The molecule has 0 aromatic carbocycles. The Morgan fingerprint density at radius 1 is 1.42 bits per heavy atom. The number of amides is 1. The highest BCUT2D eigenvalue weighted by Gasteiger charge is 2.26. The SMILES string of the molecule is C/C=C/CC(NC(=O)c1sc(C2CCCC2)nc1C)C(=O)OCC. The summed E-state index contributed by atoms with van der Waals surface area (Å²) in [5, 5.41) is 3.86. The van der Waals surface area contributed by atoms with Crippen LogP contribution in [0.15, 0.2) is 12.2 Å². The molecule has 1 aromatic rings. The van der Waals surface area contributed by atoms with Crippen LogP contribution >= 0.6 is 11.3 Å². The average Bonchev–Trinajstić information content (AvgIpc) is 3.20. The molecule has 0 saturated heterocycles. The molecule has 1 aliphatic carbocycles. The van der Waals surface area contributed by atoms with Crippen LogP contribution in [0.5, 0.6) is 0 Å². The van der Waals surface area contributed by atoms with Crippen molar-refractivity contribution >= 4 is 23.2 Å². The van der Waals surface area contributed by atoms with Gasteiger partial charge in [0.05, 0.1) is 17.3 Å². The van der Waals surface area contributed by atoms with Crippen molar-refractivity contribution in [1.29, 1.82) is 0 Å². The zero-order chi connectivity index (χ0) is 17.5. The van der Waals surface area contributed by atoms with E-state index in [1.165, 1.54) is 24.2 Å². The summed E-state index contributed by atoms with van der Waals surface area (Å²) in [4.78, 5) is 29.8. The molecule has 1 aromatic heterocycles. The summed E-state index contributed by atoms with van der Waals surface area (Å²) in [7, 11) is 0. The van der Waals surface area contributed by atoms with Gasteiger partial charge < -0.3 is 10.1 Å². The van der Waals surface area contributed by atoms with E-state index < -0.39 is 12.0 Å². The van der Waals surface area contributed by atoms with E-state index in [0.29, 0.717) is 23.8 Å². The van der Waals surface area contributed by atoms with E-state index in [2.05, 4.69) is 10.3 Å². The van der Waals surface area contributed by atoms with Gasteiger partial charge in [-0.3, -0.25) is 4.79 Å². The number of allylic oxidation sites excluding steroid dienone is 1. The molecule has 0 bridgehead atoms. The van der Waals surface area contributed by atoms with E-state index in [4.69, 9.17) is 4.74 Å². The number of rotatable bonds is 7. The first-order valence-electron chi connectivity index (χ1n) is 8.62. The minimum absolute atomic E-state index is 0.239. The van der Waals surface area contributed by atoms with Crippen molar-refractivity contribution in [1.82, 2.24) is 10.3 Å². The smallest absolute Gasteiger partial charge is 0.328 e. The molecule has 1 N–H and O–H groups in total. The highest BCUT2D eigenvalue weighted by atomic mass is 32.1. The van der Waals surface area contributed by atoms with Crippen LogP contribution in [0.25, 0.3) is 0 Å². The van der Waals surface area contributed by atoms with Crippen molar-refractivity contribution in [2.75, 3.05) is 6.61 Å². The largest absolute Gasteiger partial charge is 0.464 e. The number of thiazole rings is 1. The first-order chi connectivity index (χ1) is 11.6. The summed E-state index contributed by atoms with van der Waals surface area (Å²) in [6.45, 7) is 5.79. The number of ether oxygens (including phenoxy) is 1. The summed E-state index contributed by atoms with van der Waals surface area (Å²) in [6, 6.07) is -0.662. The summed E-state index contributed by atoms with van der Waals surface area (Å²) in [5.41, 5.74) is 0.744. The predicted molar refractivity (Wildman–Crippen MR) is 95.4 cm³/mol. The van der Waals surface area contributed by atoms with Crippen LogP contribution in [-0.2, 0) is 9.53 Å². The molecule has 1 heterocycles. The van der Waals surface area contributed by atoms with Crippen molar-refractivity contribution < 1.29 is 14.3 Å². The summed E-state index contributed by atoms with van der Waals surface area (Å²) in [5.74, 6) is -0.155. The number of nitrogens with one attached hydrogen (secondary N) is 1.